The quantitative estimate of drug-likeness (QED) is 0.818. The zero-order valence-electron chi connectivity index (χ0n) is 12.0. The van der Waals surface area contributed by atoms with Crippen LogP contribution in [-0.2, 0) is 4.79 Å². The monoisotopic (exact) mass is 296 g/mol. The third-order valence-electron chi connectivity index (χ3n) is 3.01. The molecule has 0 aliphatic carbocycles. The van der Waals surface area contributed by atoms with Gasteiger partial charge in [0.15, 0.2) is 0 Å². The zero-order valence-corrected chi connectivity index (χ0v) is 12.9. The van der Waals surface area contributed by atoms with Crippen molar-refractivity contribution in [2.45, 2.75) is 26.9 Å². The molecule has 20 heavy (non-hydrogen) atoms. The Morgan fingerprint density at radius 2 is 2.10 bits per heavy atom. The van der Waals surface area contributed by atoms with Crippen molar-refractivity contribution < 1.29 is 9.90 Å². The summed E-state index contributed by atoms with van der Waals surface area (Å²) in [5.41, 5.74) is 0.963. The van der Waals surface area contributed by atoms with Crippen molar-refractivity contribution >= 4 is 22.4 Å². The molecule has 6 nitrogen and oxygen atoms in total. The van der Waals surface area contributed by atoms with Gasteiger partial charge in [-0.05, 0) is 20.8 Å². The van der Waals surface area contributed by atoms with E-state index in [1.165, 1.54) is 11.3 Å². The Balaban J connectivity index is 2.07. The number of nitrogens with zero attached hydrogens (tertiary/aromatic N) is 4. The fourth-order valence-electron chi connectivity index (χ4n) is 2.12. The Bertz CT molecular complexity index is 510. The summed E-state index contributed by atoms with van der Waals surface area (Å²) in [4.78, 5) is 15.7. The minimum Gasteiger partial charge on any atom is -0.389 e. The number of β-amino-alcohol motifs (C(OH)–C–C–N with tert-alkyl or cyclic N) is 1. The van der Waals surface area contributed by atoms with Crippen LogP contribution in [0, 0.1) is 6.92 Å². The number of rotatable bonds is 2. The van der Waals surface area contributed by atoms with E-state index < -0.39 is 6.10 Å². The van der Waals surface area contributed by atoms with Gasteiger partial charge in [-0.1, -0.05) is 16.9 Å². The molecule has 1 aromatic rings. The molecule has 2 rings (SSSR count). The van der Waals surface area contributed by atoms with Gasteiger partial charge in [0.25, 0.3) is 0 Å². The second-order valence-electron chi connectivity index (χ2n) is 5.21. The van der Waals surface area contributed by atoms with Gasteiger partial charge in [0.2, 0.25) is 11.0 Å². The van der Waals surface area contributed by atoms with E-state index >= 15 is 0 Å². The number of hydrogen-bond donors (Lipinski definition) is 1. The van der Waals surface area contributed by atoms with E-state index in [0.29, 0.717) is 26.2 Å². The molecule has 1 N–H and O–H groups in total. The molecule has 7 heteroatoms. The maximum atomic E-state index is 12.0. The van der Waals surface area contributed by atoms with Gasteiger partial charge in [-0.3, -0.25) is 4.79 Å². The summed E-state index contributed by atoms with van der Waals surface area (Å²) in [5.74, 6) is -0.0423. The maximum absolute atomic E-state index is 12.0. The average Bonchev–Trinajstić information content (AvgIpc) is 2.67. The number of aromatic nitrogens is 2. The second kappa shape index (κ2) is 6.32. The van der Waals surface area contributed by atoms with Crippen molar-refractivity contribution in [3.63, 3.8) is 0 Å². The van der Waals surface area contributed by atoms with Gasteiger partial charge in [0.05, 0.1) is 6.10 Å². The van der Waals surface area contributed by atoms with Crippen LogP contribution in [0.4, 0.5) is 5.13 Å². The lowest BCUT2D eigenvalue weighted by molar-refractivity contribution is -0.126. The summed E-state index contributed by atoms with van der Waals surface area (Å²) in [6.45, 7) is 7.77. The van der Waals surface area contributed by atoms with E-state index in [1.54, 1.807) is 11.0 Å². The van der Waals surface area contributed by atoms with Gasteiger partial charge < -0.3 is 14.9 Å². The molecule has 0 spiro atoms. The van der Waals surface area contributed by atoms with Crippen molar-refractivity contribution in [2.24, 2.45) is 0 Å². The fourth-order valence-corrected chi connectivity index (χ4v) is 2.84. The van der Waals surface area contributed by atoms with Gasteiger partial charge in [-0.15, -0.1) is 10.2 Å². The summed E-state index contributed by atoms with van der Waals surface area (Å²) >= 11 is 1.50. The average molecular weight is 296 g/mol. The van der Waals surface area contributed by atoms with E-state index in [-0.39, 0.29) is 5.91 Å². The molecule has 2 heterocycles. The number of anilines is 1. The topological polar surface area (TPSA) is 69.6 Å². The Morgan fingerprint density at radius 1 is 1.35 bits per heavy atom. The summed E-state index contributed by atoms with van der Waals surface area (Å²) in [7, 11) is 0. The van der Waals surface area contributed by atoms with Crippen LogP contribution in [-0.4, -0.2) is 58.4 Å². The summed E-state index contributed by atoms with van der Waals surface area (Å²) in [6.07, 6.45) is 1.04. The van der Waals surface area contributed by atoms with E-state index in [9.17, 15) is 9.90 Å². The summed E-state index contributed by atoms with van der Waals surface area (Å²) < 4.78 is 0. The van der Waals surface area contributed by atoms with Gasteiger partial charge in [-0.25, -0.2) is 0 Å². The third-order valence-corrected chi connectivity index (χ3v) is 3.91. The molecular formula is C13H20N4O2S. The highest BCUT2D eigenvalue weighted by molar-refractivity contribution is 7.15. The van der Waals surface area contributed by atoms with Crippen LogP contribution in [0.5, 0.6) is 0 Å². The number of hydrogen-bond acceptors (Lipinski definition) is 6. The largest absolute Gasteiger partial charge is 0.389 e. The lowest BCUT2D eigenvalue weighted by Gasteiger charge is -2.20. The number of carbonyl (C=O) groups is 1. The SMILES string of the molecule is CC(C)=CC(=O)N1CCN(c2nnc(C)s2)CC(O)C1. The standard InChI is InChI=1S/C13H20N4O2S/c1-9(2)6-12(19)16-4-5-17(8-11(18)7-16)13-15-14-10(3)20-13/h6,11,18H,4-5,7-8H2,1-3H3. The third kappa shape index (κ3) is 3.77. The van der Waals surface area contributed by atoms with E-state index in [2.05, 4.69) is 10.2 Å². The van der Waals surface area contributed by atoms with Crippen LogP contribution in [0.2, 0.25) is 0 Å². The summed E-state index contributed by atoms with van der Waals surface area (Å²) in [5, 5.41) is 19.9. The Hall–Kier alpha value is -1.47. The predicted octanol–water partition coefficient (Wildman–Crippen LogP) is 0.822. The van der Waals surface area contributed by atoms with Crippen LogP contribution >= 0.6 is 11.3 Å². The lowest BCUT2D eigenvalue weighted by Crippen LogP contribution is -2.36. The zero-order chi connectivity index (χ0) is 14.7. The Kier molecular flexibility index (Phi) is 4.72. The van der Waals surface area contributed by atoms with Gasteiger partial charge in [-0.2, -0.15) is 0 Å². The molecule has 110 valence electrons. The minimum absolute atomic E-state index is 0.0423. The first kappa shape index (κ1) is 14.9. The van der Waals surface area contributed by atoms with Crippen LogP contribution in [0.3, 0.4) is 0 Å². The molecule has 1 fully saturated rings. The van der Waals surface area contributed by atoms with Gasteiger partial charge in [0.1, 0.15) is 5.01 Å². The second-order valence-corrected chi connectivity index (χ2v) is 6.37. The first-order valence-electron chi connectivity index (χ1n) is 6.62. The molecule has 1 unspecified atom stereocenters. The van der Waals surface area contributed by atoms with Crippen molar-refractivity contribution in [1.82, 2.24) is 15.1 Å². The Labute approximate surface area is 122 Å². The molecule has 0 aromatic carbocycles. The molecule has 0 bridgehead atoms. The van der Waals surface area contributed by atoms with Gasteiger partial charge >= 0.3 is 0 Å². The predicted molar refractivity (Wildman–Crippen MR) is 78.9 cm³/mol. The lowest BCUT2D eigenvalue weighted by atomic mass is 10.3. The molecule has 1 aliphatic rings. The number of aliphatic hydroxyl groups excluding tert-OH is 1. The van der Waals surface area contributed by atoms with Crippen molar-refractivity contribution in [2.75, 3.05) is 31.1 Å². The highest BCUT2D eigenvalue weighted by Gasteiger charge is 2.25. The van der Waals surface area contributed by atoms with Crippen molar-refractivity contribution in [3.8, 4) is 0 Å². The van der Waals surface area contributed by atoms with Crippen LogP contribution in [0.15, 0.2) is 11.6 Å². The number of aryl methyl sites for hydroxylation is 1. The smallest absolute Gasteiger partial charge is 0.246 e. The van der Waals surface area contributed by atoms with Crippen LogP contribution in [0.25, 0.3) is 0 Å². The van der Waals surface area contributed by atoms with E-state index in [4.69, 9.17) is 0 Å². The molecule has 0 radical (unpaired) electrons. The maximum Gasteiger partial charge on any atom is 0.246 e. The highest BCUT2D eigenvalue weighted by atomic mass is 32.1. The van der Waals surface area contributed by atoms with E-state index in [0.717, 1.165) is 15.7 Å². The molecule has 1 amide bonds. The van der Waals surface area contributed by atoms with E-state index in [1.807, 2.05) is 25.7 Å². The number of carbonyl (C=O) groups excluding carboxylic acids is 1. The molecular weight excluding hydrogens is 276 g/mol. The van der Waals surface area contributed by atoms with Crippen LogP contribution < -0.4 is 4.90 Å². The van der Waals surface area contributed by atoms with Crippen molar-refractivity contribution in [1.29, 1.82) is 0 Å². The molecule has 1 saturated heterocycles. The number of aliphatic hydroxyl groups is 1. The molecule has 0 saturated carbocycles. The molecule has 1 atom stereocenters. The van der Waals surface area contributed by atoms with Gasteiger partial charge in [0, 0.05) is 32.3 Å². The number of amides is 1. The first-order chi connectivity index (χ1) is 9.45. The molecule has 1 aliphatic heterocycles. The first-order valence-corrected chi connectivity index (χ1v) is 7.44. The fraction of sp³-hybridized carbons (Fsp3) is 0.615. The number of allylic oxidation sites excluding steroid dienone is 1. The van der Waals surface area contributed by atoms with Crippen molar-refractivity contribution in [3.05, 3.63) is 16.7 Å². The highest BCUT2D eigenvalue weighted by Crippen LogP contribution is 2.21. The molecule has 1 aromatic heterocycles. The van der Waals surface area contributed by atoms with Crippen LogP contribution in [0.1, 0.15) is 18.9 Å². The summed E-state index contributed by atoms with van der Waals surface area (Å²) in [6, 6.07) is 0. The minimum atomic E-state index is -0.573. The normalized spacial score (nSPS) is 19.7. The Morgan fingerprint density at radius 3 is 2.70 bits per heavy atom.